The molecule has 7 heteroatoms. The molecule has 0 aliphatic rings. The summed E-state index contributed by atoms with van der Waals surface area (Å²) in [4.78, 5) is 26.8. The molecule has 2 N–H and O–H groups in total. The van der Waals surface area contributed by atoms with Gasteiger partial charge in [-0.1, -0.05) is 18.2 Å². The van der Waals surface area contributed by atoms with Crippen LogP contribution < -0.4 is 10.1 Å². The molecule has 7 nitrogen and oxygen atoms in total. The average Bonchev–Trinajstić information content (AvgIpc) is 2.82. The molecule has 122 valence electrons. The van der Waals surface area contributed by atoms with Gasteiger partial charge in [0.25, 0.3) is 0 Å². The van der Waals surface area contributed by atoms with Gasteiger partial charge in [0.15, 0.2) is 5.76 Å². The van der Waals surface area contributed by atoms with E-state index in [1.807, 2.05) is 24.3 Å². The molecule has 0 saturated heterocycles. The van der Waals surface area contributed by atoms with Gasteiger partial charge in [0, 0.05) is 31.0 Å². The van der Waals surface area contributed by atoms with Crippen molar-refractivity contribution in [2.45, 2.75) is 13.8 Å². The van der Waals surface area contributed by atoms with Crippen molar-refractivity contribution in [3.8, 4) is 22.8 Å². The van der Waals surface area contributed by atoms with Gasteiger partial charge in [-0.3, -0.25) is 19.9 Å². The van der Waals surface area contributed by atoms with Crippen LogP contribution in [-0.2, 0) is 9.59 Å². The number of carbonyl (C=O) groups excluding carboxylic acids is 2. The largest absolute Gasteiger partial charge is 0.502 e. The van der Waals surface area contributed by atoms with Crippen molar-refractivity contribution in [1.29, 1.82) is 0 Å². The molecule has 0 aliphatic heterocycles. The number of hydrogen-bond acceptors (Lipinski definition) is 6. The third kappa shape index (κ3) is 2.91. The lowest BCUT2D eigenvalue weighted by Gasteiger charge is -2.01. The topological polar surface area (TPSA) is 102 Å². The van der Waals surface area contributed by atoms with Crippen LogP contribution in [0, 0.1) is 0 Å². The van der Waals surface area contributed by atoms with Crippen molar-refractivity contribution in [2.75, 3.05) is 5.32 Å². The molecule has 0 aliphatic carbocycles. The van der Waals surface area contributed by atoms with E-state index < -0.39 is 11.9 Å². The Morgan fingerprint density at radius 2 is 2.00 bits per heavy atom. The van der Waals surface area contributed by atoms with Crippen molar-refractivity contribution >= 4 is 28.7 Å². The summed E-state index contributed by atoms with van der Waals surface area (Å²) in [5.74, 6) is -1.79. The lowest BCUT2D eigenvalue weighted by molar-refractivity contribution is -0.132. The summed E-state index contributed by atoms with van der Waals surface area (Å²) in [6.45, 7) is 2.45. The highest BCUT2D eigenvalue weighted by molar-refractivity contribution is 5.92. The minimum absolute atomic E-state index is 0.0493. The Morgan fingerprint density at radius 3 is 2.71 bits per heavy atom. The summed E-state index contributed by atoms with van der Waals surface area (Å²) in [6, 6.07) is 9.23. The molecule has 3 aromatic rings. The number of fused-ring (bicyclic) bond motifs is 1. The first-order valence-corrected chi connectivity index (χ1v) is 7.12. The molecule has 0 radical (unpaired) electrons. The summed E-state index contributed by atoms with van der Waals surface area (Å²) >= 11 is 0. The number of furan rings is 1. The van der Waals surface area contributed by atoms with E-state index in [-0.39, 0.29) is 23.1 Å². The highest BCUT2D eigenvalue weighted by atomic mass is 16.6. The SMILES string of the molecule is CC(=O)Nc1oc(-c2cnc3ccccc3c2)c(O)c1OC(C)=O. The number of anilines is 1. The van der Waals surface area contributed by atoms with Crippen LogP contribution in [0.5, 0.6) is 11.5 Å². The molecule has 0 bridgehead atoms. The molecule has 0 spiro atoms. The molecule has 0 fully saturated rings. The highest BCUT2D eigenvalue weighted by Gasteiger charge is 2.25. The van der Waals surface area contributed by atoms with Crippen LogP contribution in [0.25, 0.3) is 22.2 Å². The van der Waals surface area contributed by atoms with Crippen molar-refractivity contribution in [1.82, 2.24) is 4.98 Å². The highest BCUT2D eigenvalue weighted by Crippen LogP contribution is 2.46. The normalized spacial score (nSPS) is 10.6. The smallest absolute Gasteiger partial charge is 0.308 e. The number of ether oxygens (including phenoxy) is 1. The Morgan fingerprint density at radius 1 is 1.25 bits per heavy atom. The number of amides is 1. The predicted octanol–water partition coefficient (Wildman–Crippen LogP) is 3.08. The molecule has 24 heavy (non-hydrogen) atoms. The number of benzene rings is 1. The van der Waals surface area contributed by atoms with E-state index in [0.29, 0.717) is 5.56 Å². The lowest BCUT2D eigenvalue weighted by Crippen LogP contribution is -2.08. The van der Waals surface area contributed by atoms with Gasteiger partial charge in [-0.2, -0.15) is 0 Å². The Hall–Kier alpha value is -3.35. The van der Waals surface area contributed by atoms with Crippen LogP contribution in [0.1, 0.15) is 13.8 Å². The fraction of sp³-hybridized carbons (Fsp3) is 0.118. The maximum Gasteiger partial charge on any atom is 0.308 e. The van der Waals surface area contributed by atoms with E-state index >= 15 is 0 Å². The number of aromatic hydroxyl groups is 1. The molecule has 1 amide bonds. The fourth-order valence-corrected chi connectivity index (χ4v) is 2.28. The van der Waals surface area contributed by atoms with Gasteiger partial charge < -0.3 is 14.3 Å². The summed E-state index contributed by atoms with van der Waals surface area (Å²) in [6.07, 6.45) is 1.52. The van der Waals surface area contributed by atoms with Crippen LogP contribution in [0.4, 0.5) is 5.88 Å². The van der Waals surface area contributed by atoms with E-state index in [1.165, 1.54) is 20.0 Å². The minimum Gasteiger partial charge on any atom is -0.502 e. The number of rotatable bonds is 3. The minimum atomic E-state index is -0.652. The van der Waals surface area contributed by atoms with Gasteiger partial charge in [0.05, 0.1) is 5.52 Å². The zero-order valence-corrected chi connectivity index (χ0v) is 13.0. The molecular weight excluding hydrogens is 312 g/mol. The molecule has 0 atom stereocenters. The number of carbonyl (C=O) groups is 2. The van der Waals surface area contributed by atoms with E-state index in [1.54, 1.807) is 6.07 Å². The number of para-hydroxylation sites is 1. The maximum absolute atomic E-state index is 11.3. The molecule has 3 rings (SSSR count). The van der Waals surface area contributed by atoms with Gasteiger partial charge in [0.1, 0.15) is 0 Å². The van der Waals surface area contributed by atoms with E-state index in [0.717, 1.165) is 10.9 Å². The molecule has 0 unspecified atom stereocenters. The van der Waals surface area contributed by atoms with Crippen LogP contribution in [0.2, 0.25) is 0 Å². The second-order valence-electron chi connectivity index (χ2n) is 5.13. The Bertz CT molecular complexity index is 945. The molecule has 0 saturated carbocycles. The first kappa shape index (κ1) is 15.5. The number of nitrogens with one attached hydrogen (secondary N) is 1. The third-order valence-corrected chi connectivity index (χ3v) is 3.23. The second-order valence-corrected chi connectivity index (χ2v) is 5.13. The Labute approximate surface area is 136 Å². The fourth-order valence-electron chi connectivity index (χ4n) is 2.28. The van der Waals surface area contributed by atoms with E-state index in [4.69, 9.17) is 9.15 Å². The zero-order valence-electron chi connectivity index (χ0n) is 13.0. The van der Waals surface area contributed by atoms with Crippen LogP contribution in [-0.4, -0.2) is 22.0 Å². The monoisotopic (exact) mass is 326 g/mol. The van der Waals surface area contributed by atoms with Crippen molar-refractivity contribution < 1.29 is 23.8 Å². The van der Waals surface area contributed by atoms with E-state index in [2.05, 4.69) is 10.3 Å². The van der Waals surface area contributed by atoms with Crippen LogP contribution >= 0.6 is 0 Å². The number of nitrogens with zero attached hydrogens (tertiary/aromatic N) is 1. The second kappa shape index (κ2) is 6.04. The van der Waals surface area contributed by atoms with Gasteiger partial charge in [-0.15, -0.1) is 0 Å². The van der Waals surface area contributed by atoms with Crippen LogP contribution in [0.3, 0.4) is 0 Å². The van der Waals surface area contributed by atoms with Gasteiger partial charge in [-0.25, -0.2) is 0 Å². The average molecular weight is 326 g/mol. The number of hydrogen-bond donors (Lipinski definition) is 2. The van der Waals surface area contributed by atoms with Crippen molar-refractivity contribution in [2.24, 2.45) is 0 Å². The summed E-state index contributed by atoms with van der Waals surface area (Å²) in [5.41, 5.74) is 1.27. The first-order chi connectivity index (χ1) is 11.5. The predicted molar refractivity (Wildman–Crippen MR) is 86.7 cm³/mol. The number of pyridine rings is 1. The molecule has 2 aromatic heterocycles. The van der Waals surface area contributed by atoms with Crippen LogP contribution in [0.15, 0.2) is 40.9 Å². The maximum atomic E-state index is 11.3. The Kier molecular flexibility index (Phi) is 3.91. The van der Waals surface area contributed by atoms with Gasteiger partial charge >= 0.3 is 5.97 Å². The number of esters is 1. The van der Waals surface area contributed by atoms with Gasteiger partial charge in [0.2, 0.25) is 23.3 Å². The summed E-state index contributed by atoms with van der Waals surface area (Å²) in [7, 11) is 0. The third-order valence-electron chi connectivity index (χ3n) is 3.23. The number of aromatic nitrogens is 1. The van der Waals surface area contributed by atoms with Crippen molar-refractivity contribution in [3.05, 3.63) is 36.5 Å². The van der Waals surface area contributed by atoms with Gasteiger partial charge in [-0.05, 0) is 12.1 Å². The molecular formula is C17H14N2O5. The molecule has 2 heterocycles. The quantitative estimate of drug-likeness (QED) is 0.717. The first-order valence-electron chi connectivity index (χ1n) is 7.12. The summed E-state index contributed by atoms with van der Waals surface area (Å²) in [5, 5.41) is 13.6. The Balaban J connectivity index is 2.13. The zero-order chi connectivity index (χ0) is 17.3. The lowest BCUT2D eigenvalue weighted by atomic mass is 10.1. The molecule has 1 aromatic carbocycles. The van der Waals surface area contributed by atoms with Crippen molar-refractivity contribution in [3.63, 3.8) is 0 Å². The summed E-state index contributed by atoms with van der Waals surface area (Å²) < 4.78 is 10.4. The standard InChI is InChI=1S/C17H14N2O5/c1-9(20)19-17-16(23-10(2)21)14(22)15(24-17)12-7-11-5-3-4-6-13(11)18-8-12/h3-8,22H,1-2H3,(H,19,20). The van der Waals surface area contributed by atoms with E-state index in [9.17, 15) is 14.7 Å².